The quantitative estimate of drug-likeness (QED) is 0.536. The van der Waals surface area contributed by atoms with Gasteiger partial charge < -0.3 is 10.2 Å². The number of carbonyl (C=O) groups excluding carboxylic acids is 2. The van der Waals surface area contributed by atoms with E-state index in [0.29, 0.717) is 31.3 Å². The summed E-state index contributed by atoms with van der Waals surface area (Å²) in [5.41, 5.74) is 5.76. The lowest BCUT2D eigenvalue weighted by Crippen LogP contribution is -2.43. The molecule has 6 nitrogen and oxygen atoms in total. The summed E-state index contributed by atoms with van der Waals surface area (Å²) in [6, 6.07) is 8.79. The summed E-state index contributed by atoms with van der Waals surface area (Å²) < 4.78 is 1.07. The van der Waals surface area contributed by atoms with Crippen LogP contribution < -0.4 is 10.2 Å². The van der Waals surface area contributed by atoms with Crippen LogP contribution in [-0.2, 0) is 22.6 Å². The molecule has 2 unspecified atom stereocenters. The van der Waals surface area contributed by atoms with E-state index < -0.39 is 0 Å². The van der Waals surface area contributed by atoms with E-state index in [1.165, 1.54) is 16.2 Å². The van der Waals surface area contributed by atoms with Crippen molar-refractivity contribution < 1.29 is 9.59 Å². The highest BCUT2D eigenvalue weighted by molar-refractivity contribution is 7.19. The van der Waals surface area contributed by atoms with Crippen molar-refractivity contribution in [3.8, 4) is 11.1 Å². The summed E-state index contributed by atoms with van der Waals surface area (Å²) in [7, 11) is 0. The molecule has 34 heavy (non-hydrogen) atoms. The first-order valence-corrected chi connectivity index (χ1v) is 13.2. The Morgan fingerprint density at radius 3 is 2.76 bits per heavy atom. The number of imide groups is 1. The maximum absolute atomic E-state index is 12.1. The monoisotopic (exact) mass is 494 g/mol. The van der Waals surface area contributed by atoms with Gasteiger partial charge in [0, 0.05) is 64.9 Å². The molecule has 0 spiro atoms. The largest absolute Gasteiger partial charge is 0.366 e. The number of likely N-dealkylation sites (tertiary alicyclic amines) is 1. The first-order valence-electron chi connectivity index (χ1n) is 12.0. The number of aromatic nitrogens is 1. The number of rotatable bonds is 4. The number of nitrogens with one attached hydrogen (secondary N) is 1. The van der Waals surface area contributed by atoms with Gasteiger partial charge in [-0.25, -0.2) is 0 Å². The highest BCUT2D eigenvalue weighted by Gasteiger charge is 2.33. The maximum atomic E-state index is 12.1. The first kappa shape index (κ1) is 22.0. The molecule has 0 radical (unpaired) electrons. The van der Waals surface area contributed by atoms with Gasteiger partial charge in [0.05, 0.1) is 16.8 Å². The highest BCUT2D eigenvalue weighted by Crippen LogP contribution is 2.45. The third-order valence-electron chi connectivity index (χ3n) is 7.21. The molecule has 0 saturated carbocycles. The van der Waals surface area contributed by atoms with Gasteiger partial charge in [-0.2, -0.15) is 0 Å². The Morgan fingerprint density at radius 2 is 2.00 bits per heavy atom. The maximum Gasteiger partial charge on any atom is 0.230 e. The van der Waals surface area contributed by atoms with Gasteiger partial charge in [-0.15, -0.1) is 11.3 Å². The minimum absolute atomic E-state index is 0.0884. The number of anilines is 1. The fourth-order valence-electron chi connectivity index (χ4n) is 5.69. The van der Waals surface area contributed by atoms with Crippen LogP contribution in [0.3, 0.4) is 0 Å². The second-order valence-electron chi connectivity index (χ2n) is 9.73. The predicted octanol–water partition coefficient (Wildman–Crippen LogP) is 4.63. The molecule has 0 aliphatic carbocycles. The number of hydrogen-bond acceptors (Lipinski definition) is 6. The Morgan fingerprint density at radius 1 is 1.18 bits per heavy atom. The first-order chi connectivity index (χ1) is 16.5. The summed E-state index contributed by atoms with van der Waals surface area (Å²) in [6.07, 6.45) is 4.63. The standard InChI is InChI=1S/C26H27ClN4O2S/c1-15-8-16-9-17(27)10-21(25(16)30(13-15)18-4-6-28-12-18)20-5-7-29-22-11-19(34-26(20)22)14-31-23(32)2-3-24(31)33/h5,7,9-11,15,18,28H,2-4,6,8,12-14H2,1H3. The van der Waals surface area contributed by atoms with Gasteiger partial charge in [0.1, 0.15) is 0 Å². The van der Waals surface area contributed by atoms with E-state index in [-0.39, 0.29) is 11.8 Å². The van der Waals surface area contributed by atoms with Crippen LogP contribution in [0.25, 0.3) is 21.3 Å². The Bertz CT molecular complexity index is 1280. The molecule has 8 heteroatoms. The van der Waals surface area contributed by atoms with E-state index in [9.17, 15) is 9.59 Å². The molecule has 3 aliphatic heterocycles. The van der Waals surface area contributed by atoms with Crippen LogP contribution in [0.5, 0.6) is 0 Å². The lowest BCUT2D eigenvalue weighted by Gasteiger charge is -2.40. The van der Waals surface area contributed by atoms with Crippen molar-refractivity contribution in [2.24, 2.45) is 5.92 Å². The van der Waals surface area contributed by atoms with Crippen molar-refractivity contribution in [3.05, 3.63) is 45.9 Å². The Balaban J connectivity index is 1.47. The molecular formula is C26H27ClN4O2S. The topological polar surface area (TPSA) is 65.5 Å². The number of fused-ring (bicyclic) bond motifs is 2. The van der Waals surface area contributed by atoms with Gasteiger partial charge in [-0.1, -0.05) is 18.5 Å². The lowest BCUT2D eigenvalue weighted by molar-refractivity contribution is -0.138. The highest BCUT2D eigenvalue weighted by atomic mass is 35.5. The molecular weight excluding hydrogens is 468 g/mol. The number of carbonyl (C=O) groups is 2. The van der Waals surface area contributed by atoms with Crippen molar-refractivity contribution in [1.82, 2.24) is 15.2 Å². The molecule has 5 heterocycles. The van der Waals surface area contributed by atoms with Crippen LogP contribution in [0.15, 0.2) is 30.5 Å². The zero-order valence-corrected chi connectivity index (χ0v) is 20.7. The van der Waals surface area contributed by atoms with Gasteiger partial charge >= 0.3 is 0 Å². The van der Waals surface area contributed by atoms with Gasteiger partial charge in [0.15, 0.2) is 0 Å². The Kier molecular flexibility index (Phi) is 5.59. The number of thiophene rings is 1. The molecule has 1 N–H and O–H groups in total. The van der Waals surface area contributed by atoms with E-state index in [2.05, 4.69) is 40.3 Å². The summed E-state index contributed by atoms with van der Waals surface area (Å²) in [5.74, 6) is 0.393. The van der Waals surface area contributed by atoms with Crippen LogP contribution in [0, 0.1) is 5.92 Å². The number of nitrogens with zero attached hydrogens (tertiary/aromatic N) is 3. The van der Waals surface area contributed by atoms with E-state index in [1.54, 1.807) is 11.3 Å². The van der Waals surface area contributed by atoms with Crippen molar-refractivity contribution in [1.29, 1.82) is 0 Å². The number of hydrogen-bond donors (Lipinski definition) is 1. The van der Waals surface area contributed by atoms with E-state index >= 15 is 0 Å². The van der Waals surface area contributed by atoms with Crippen LogP contribution in [-0.4, -0.2) is 47.4 Å². The smallest absolute Gasteiger partial charge is 0.230 e. The average molecular weight is 495 g/mol. The van der Waals surface area contributed by atoms with Crippen molar-refractivity contribution in [2.75, 3.05) is 24.5 Å². The van der Waals surface area contributed by atoms with Crippen LogP contribution in [0.4, 0.5) is 5.69 Å². The number of halogens is 1. The molecule has 2 atom stereocenters. The van der Waals surface area contributed by atoms with E-state index in [0.717, 1.165) is 63.7 Å². The third-order valence-corrected chi connectivity index (χ3v) is 8.58. The van der Waals surface area contributed by atoms with Crippen LogP contribution in [0.2, 0.25) is 5.02 Å². The van der Waals surface area contributed by atoms with E-state index in [1.807, 2.05) is 12.3 Å². The number of pyridine rings is 1. The van der Waals surface area contributed by atoms with E-state index in [4.69, 9.17) is 11.6 Å². The molecule has 0 bridgehead atoms. The predicted molar refractivity (Wildman–Crippen MR) is 136 cm³/mol. The number of amides is 2. The molecule has 2 amide bonds. The molecule has 1 aromatic carbocycles. The Hall–Kier alpha value is -2.48. The van der Waals surface area contributed by atoms with Crippen LogP contribution >= 0.6 is 22.9 Å². The zero-order valence-electron chi connectivity index (χ0n) is 19.1. The van der Waals surface area contributed by atoms with Crippen molar-refractivity contribution in [2.45, 2.75) is 45.2 Å². The van der Waals surface area contributed by atoms with Crippen LogP contribution in [0.1, 0.15) is 36.6 Å². The van der Waals surface area contributed by atoms with Gasteiger partial charge in [-0.05, 0) is 55.1 Å². The van der Waals surface area contributed by atoms with Gasteiger partial charge in [0.25, 0.3) is 0 Å². The normalized spacial score (nSPS) is 22.8. The SMILES string of the molecule is CC1Cc2cc(Cl)cc(-c3ccnc4cc(CN5C(=O)CCC5=O)sc34)c2N(C2CCNC2)C1. The third kappa shape index (κ3) is 3.80. The molecule has 2 fully saturated rings. The minimum atomic E-state index is -0.0884. The van der Waals surface area contributed by atoms with Gasteiger partial charge in [-0.3, -0.25) is 19.5 Å². The summed E-state index contributed by atoms with van der Waals surface area (Å²) >= 11 is 8.28. The van der Waals surface area contributed by atoms with Crippen molar-refractivity contribution >= 4 is 50.7 Å². The molecule has 2 aromatic heterocycles. The molecule has 176 valence electrons. The minimum Gasteiger partial charge on any atom is -0.366 e. The van der Waals surface area contributed by atoms with Crippen molar-refractivity contribution in [3.63, 3.8) is 0 Å². The molecule has 2 saturated heterocycles. The summed E-state index contributed by atoms with van der Waals surface area (Å²) in [4.78, 5) is 33.8. The second-order valence-corrected chi connectivity index (χ2v) is 11.3. The summed E-state index contributed by atoms with van der Waals surface area (Å²) in [6.45, 7) is 5.73. The lowest BCUT2D eigenvalue weighted by atomic mass is 9.88. The zero-order chi connectivity index (χ0) is 23.4. The molecule has 3 aromatic rings. The van der Waals surface area contributed by atoms with Gasteiger partial charge in [0.2, 0.25) is 11.8 Å². The second kappa shape index (κ2) is 8.63. The molecule has 3 aliphatic rings. The fraction of sp³-hybridized carbons (Fsp3) is 0.423. The molecule has 6 rings (SSSR count). The Labute approximate surface area is 207 Å². The summed E-state index contributed by atoms with van der Waals surface area (Å²) in [5, 5.41) is 4.28. The average Bonchev–Trinajstić information content (AvgIpc) is 3.54. The fourth-order valence-corrected chi connectivity index (χ4v) is 7.06. The number of benzene rings is 1.